The summed E-state index contributed by atoms with van der Waals surface area (Å²) in [6, 6.07) is 11.8. The van der Waals surface area contributed by atoms with E-state index >= 15 is 0 Å². The van der Waals surface area contributed by atoms with Crippen molar-refractivity contribution in [2.24, 2.45) is 5.73 Å². The zero-order chi connectivity index (χ0) is 22.4. The third-order valence-electron chi connectivity index (χ3n) is 5.61. The Bertz CT molecular complexity index is 903. The Morgan fingerprint density at radius 2 is 2.00 bits per heavy atom. The van der Waals surface area contributed by atoms with Crippen LogP contribution in [0.2, 0.25) is 5.02 Å². The molecule has 2 aromatic rings. The molecule has 2 amide bonds. The Labute approximate surface area is 186 Å². The maximum atomic E-state index is 14.2. The molecule has 1 aliphatic rings. The quantitative estimate of drug-likeness (QED) is 0.639. The first-order valence-electron chi connectivity index (χ1n) is 10.3. The lowest BCUT2D eigenvalue weighted by molar-refractivity contribution is -0.120. The van der Waals surface area contributed by atoms with Crippen LogP contribution >= 0.6 is 11.6 Å². The minimum atomic E-state index is -0.473. The number of nitrogens with two attached hydrogens (primary N) is 1. The molecule has 166 valence electrons. The highest BCUT2D eigenvalue weighted by Gasteiger charge is 2.29. The fraction of sp³-hybridized carbons (Fsp3) is 0.391. The molecule has 8 heteroatoms. The molecule has 1 saturated heterocycles. The number of amides is 2. The van der Waals surface area contributed by atoms with E-state index in [1.165, 1.54) is 6.07 Å². The van der Waals surface area contributed by atoms with Gasteiger partial charge in [0, 0.05) is 35.3 Å². The molecule has 1 fully saturated rings. The van der Waals surface area contributed by atoms with Gasteiger partial charge in [0.15, 0.2) is 0 Å². The number of likely N-dealkylation sites (tertiary alicyclic amines) is 1. The predicted octanol–water partition coefficient (Wildman–Crippen LogP) is 3.40. The van der Waals surface area contributed by atoms with Gasteiger partial charge in [-0.1, -0.05) is 17.7 Å². The largest absolute Gasteiger partial charge is 0.497 e. The number of anilines is 1. The predicted molar refractivity (Wildman–Crippen MR) is 119 cm³/mol. The minimum absolute atomic E-state index is 0.0206. The average molecular weight is 448 g/mol. The summed E-state index contributed by atoms with van der Waals surface area (Å²) in [7, 11) is 1.57. The van der Waals surface area contributed by atoms with Gasteiger partial charge in [-0.15, -0.1) is 0 Å². The molecule has 6 nitrogen and oxygen atoms in total. The van der Waals surface area contributed by atoms with E-state index in [0.29, 0.717) is 28.4 Å². The summed E-state index contributed by atoms with van der Waals surface area (Å²) in [4.78, 5) is 28.2. The van der Waals surface area contributed by atoms with Crippen LogP contribution in [0.25, 0.3) is 0 Å². The molecule has 1 aliphatic heterocycles. The highest BCUT2D eigenvalue weighted by Crippen LogP contribution is 2.27. The summed E-state index contributed by atoms with van der Waals surface area (Å²) in [6.07, 6.45) is 2.30. The third-order valence-corrected chi connectivity index (χ3v) is 5.96. The van der Waals surface area contributed by atoms with Crippen LogP contribution in [0.5, 0.6) is 5.75 Å². The van der Waals surface area contributed by atoms with Crippen molar-refractivity contribution < 1.29 is 18.7 Å². The van der Waals surface area contributed by atoms with Gasteiger partial charge in [-0.25, -0.2) is 4.39 Å². The molecule has 0 saturated carbocycles. The van der Waals surface area contributed by atoms with Gasteiger partial charge in [-0.2, -0.15) is 0 Å². The van der Waals surface area contributed by atoms with E-state index in [9.17, 15) is 14.0 Å². The van der Waals surface area contributed by atoms with Gasteiger partial charge in [0.2, 0.25) is 11.8 Å². The minimum Gasteiger partial charge on any atom is -0.497 e. The van der Waals surface area contributed by atoms with E-state index in [-0.39, 0.29) is 37.3 Å². The van der Waals surface area contributed by atoms with Crippen LogP contribution in [0.3, 0.4) is 0 Å². The number of rotatable bonds is 9. The SMILES string of the molecule is COc1ccc(N(CCC(N)=O)C(=O)CN2CCC[C@H]2Cc2c(F)cccc2Cl)cc1. The second-order valence-corrected chi connectivity index (χ2v) is 8.04. The van der Waals surface area contributed by atoms with Gasteiger partial charge in [0.05, 0.1) is 13.7 Å². The number of halogens is 2. The van der Waals surface area contributed by atoms with Crippen molar-refractivity contribution in [2.75, 3.05) is 31.6 Å². The molecule has 0 aliphatic carbocycles. The molecule has 0 spiro atoms. The lowest BCUT2D eigenvalue weighted by Crippen LogP contribution is -2.44. The first-order chi connectivity index (χ1) is 14.9. The molecule has 3 rings (SSSR count). The fourth-order valence-corrected chi connectivity index (χ4v) is 4.18. The van der Waals surface area contributed by atoms with Crippen molar-refractivity contribution >= 4 is 29.1 Å². The number of hydrogen-bond donors (Lipinski definition) is 1. The molecule has 2 N–H and O–H groups in total. The first-order valence-corrected chi connectivity index (χ1v) is 10.7. The van der Waals surface area contributed by atoms with E-state index in [0.717, 1.165) is 19.4 Å². The summed E-state index contributed by atoms with van der Waals surface area (Å²) in [5, 5.41) is 0.402. The van der Waals surface area contributed by atoms with Gasteiger partial charge < -0.3 is 15.4 Å². The lowest BCUT2D eigenvalue weighted by Gasteiger charge is -2.29. The van der Waals surface area contributed by atoms with E-state index in [4.69, 9.17) is 22.1 Å². The monoisotopic (exact) mass is 447 g/mol. The van der Waals surface area contributed by atoms with Crippen molar-refractivity contribution in [1.82, 2.24) is 4.90 Å². The molecule has 0 unspecified atom stereocenters. The summed E-state index contributed by atoms with van der Waals surface area (Å²) >= 11 is 6.20. The van der Waals surface area contributed by atoms with Gasteiger partial charge >= 0.3 is 0 Å². The van der Waals surface area contributed by atoms with Gasteiger partial charge in [-0.3, -0.25) is 14.5 Å². The molecule has 0 radical (unpaired) electrons. The topological polar surface area (TPSA) is 75.9 Å². The summed E-state index contributed by atoms with van der Waals surface area (Å²) in [5.41, 5.74) is 6.46. The Balaban J connectivity index is 1.73. The molecule has 1 atom stereocenters. The number of primary amides is 1. The van der Waals surface area contributed by atoms with E-state index < -0.39 is 5.91 Å². The molecule has 2 aromatic carbocycles. The molecule has 0 aromatic heterocycles. The maximum absolute atomic E-state index is 14.2. The number of methoxy groups -OCH3 is 1. The van der Waals surface area contributed by atoms with E-state index in [1.54, 1.807) is 48.4 Å². The Morgan fingerprint density at radius 1 is 1.26 bits per heavy atom. The third kappa shape index (κ3) is 5.95. The Morgan fingerprint density at radius 3 is 2.65 bits per heavy atom. The van der Waals surface area contributed by atoms with Crippen LogP contribution < -0.4 is 15.4 Å². The molecular weight excluding hydrogens is 421 g/mol. The number of carbonyl (C=O) groups excluding carboxylic acids is 2. The highest BCUT2D eigenvalue weighted by molar-refractivity contribution is 6.31. The normalized spacial score (nSPS) is 16.3. The van der Waals surface area contributed by atoms with Gasteiger partial charge in [-0.05, 0) is 62.2 Å². The van der Waals surface area contributed by atoms with Crippen LogP contribution in [-0.2, 0) is 16.0 Å². The summed E-state index contributed by atoms with van der Waals surface area (Å²) in [6.45, 7) is 1.11. The zero-order valence-corrected chi connectivity index (χ0v) is 18.3. The second kappa shape index (κ2) is 10.6. The number of carbonyl (C=O) groups is 2. The first kappa shape index (κ1) is 23.0. The van der Waals surface area contributed by atoms with Gasteiger partial charge in [0.1, 0.15) is 11.6 Å². The maximum Gasteiger partial charge on any atom is 0.241 e. The number of ether oxygens (including phenoxy) is 1. The van der Waals surface area contributed by atoms with Crippen LogP contribution in [0.4, 0.5) is 10.1 Å². The van der Waals surface area contributed by atoms with E-state index in [1.807, 2.05) is 0 Å². The fourth-order valence-electron chi connectivity index (χ4n) is 3.94. The van der Waals surface area contributed by atoms with Crippen molar-refractivity contribution in [3.63, 3.8) is 0 Å². The van der Waals surface area contributed by atoms with Crippen molar-refractivity contribution in [3.05, 3.63) is 58.9 Å². The summed E-state index contributed by atoms with van der Waals surface area (Å²) in [5.74, 6) is -0.267. The van der Waals surface area contributed by atoms with Crippen LogP contribution in [0.15, 0.2) is 42.5 Å². The molecular formula is C23H27ClFN3O3. The standard InChI is InChI=1S/C23H27ClFN3O3/c1-31-18-9-7-16(8-10-18)28(13-11-22(26)29)23(30)15-27-12-3-4-17(27)14-19-20(24)5-2-6-21(19)25/h2,5-10,17H,3-4,11-15H2,1H3,(H2,26,29)/t17-/m0/s1. The van der Waals surface area contributed by atoms with Crippen molar-refractivity contribution in [1.29, 1.82) is 0 Å². The van der Waals surface area contributed by atoms with Crippen molar-refractivity contribution in [3.8, 4) is 5.75 Å². The van der Waals surface area contributed by atoms with E-state index in [2.05, 4.69) is 4.90 Å². The lowest BCUT2D eigenvalue weighted by atomic mass is 10.0. The zero-order valence-electron chi connectivity index (χ0n) is 17.5. The molecule has 31 heavy (non-hydrogen) atoms. The smallest absolute Gasteiger partial charge is 0.241 e. The summed E-state index contributed by atoms with van der Waals surface area (Å²) < 4.78 is 19.4. The second-order valence-electron chi connectivity index (χ2n) is 7.63. The Kier molecular flexibility index (Phi) is 7.87. The van der Waals surface area contributed by atoms with Crippen LogP contribution in [0, 0.1) is 5.82 Å². The van der Waals surface area contributed by atoms with Gasteiger partial charge in [0.25, 0.3) is 0 Å². The number of benzene rings is 2. The average Bonchev–Trinajstić information content (AvgIpc) is 3.17. The van der Waals surface area contributed by atoms with Crippen molar-refractivity contribution in [2.45, 2.75) is 31.7 Å². The number of hydrogen-bond acceptors (Lipinski definition) is 4. The highest BCUT2D eigenvalue weighted by atomic mass is 35.5. The number of nitrogens with zero attached hydrogens (tertiary/aromatic N) is 2. The Hall–Kier alpha value is -2.64. The van der Waals surface area contributed by atoms with Crippen LogP contribution in [-0.4, -0.2) is 49.5 Å². The molecule has 0 bridgehead atoms. The molecule has 1 heterocycles. The van der Waals surface area contributed by atoms with Crippen LogP contribution in [0.1, 0.15) is 24.8 Å².